The number of β-lactam (4-membered cyclic amide) rings is 1. The summed E-state index contributed by atoms with van der Waals surface area (Å²) in [4.78, 5) is 34.9. The molecule has 0 aliphatic carbocycles. The molecule has 7 heteroatoms. The summed E-state index contributed by atoms with van der Waals surface area (Å²) in [5.41, 5.74) is 6.19. The van der Waals surface area contributed by atoms with E-state index in [1.54, 1.807) is 35.2 Å². The van der Waals surface area contributed by atoms with Gasteiger partial charge in [0, 0.05) is 17.8 Å². The minimum atomic E-state index is -0.413. The van der Waals surface area contributed by atoms with E-state index in [0.717, 1.165) is 31.6 Å². The van der Waals surface area contributed by atoms with Crippen molar-refractivity contribution in [3.8, 4) is 0 Å². The van der Waals surface area contributed by atoms with E-state index in [1.165, 1.54) is 32.8 Å². The number of hydrogen-bond acceptors (Lipinski definition) is 6. The van der Waals surface area contributed by atoms with E-state index in [2.05, 4.69) is 30.8 Å². The number of esters is 1. The standard InChI is InChI=1S/C31H41N3O4/c1-5-7-19-33(20-8-6-2)21-12-22-38-32-24(3)23-28-29(25-13-10-9-11-14-25)34(30(28)35)27-17-15-26(16-18-27)31(36)37-4/h9-11,13-18,23,29,32H,3,5-8,12,19-22H2,1-2,4H3. The van der Waals surface area contributed by atoms with Crippen molar-refractivity contribution in [2.75, 3.05) is 38.3 Å². The van der Waals surface area contributed by atoms with Crippen molar-refractivity contribution in [1.29, 1.82) is 0 Å². The highest BCUT2D eigenvalue weighted by atomic mass is 16.6. The second-order valence-electron chi connectivity index (χ2n) is 9.50. The highest BCUT2D eigenvalue weighted by Crippen LogP contribution is 2.43. The first-order chi connectivity index (χ1) is 18.5. The average Bonchev–Trinajstić information content (AvgIpc) is 2.95. The lowest BCUT2D eigenvalue weighted by molar-refractivity contribution is -0.119. The van der Waals surface area contributed by atoms with Gasteiger partial charge < -0.3 is 9.64 Å². The molecule has 0 saturated carbocycles. The van der Waals surface area contributed by atoms with Crippen LogP contribution in [-0.4, -0.2) is 50.1 Å². The lowest BCUT2D eigenvalue weighted by Gasteiger charge is -2.43. The fourth-order valence-electron chi connectivity index (χ4n) is 4.51. The van der Waals surface area contributed by atoms with Crippen LogP contribution in [0.3, 0.4) is 0 Å². The highest BCUT2D eigenvalue weighted by Gasteiger charge is 2.43. The number of nitrogens with zero attached hydrogens (tertiary/aromatic N) is 2. The molecule has 38 heavy (non-hydrogen) atoms. The summed E-state index contributed by atoms with van der Waals surface area (Å²) in [5.74, 6) is -0.529. The number of carbonyl (C=O) groups is 2. The van der Waals surface area contributed by atoms with Crippen molar-refractivity contribution >= 4 is 17.6 Å². The number of carbonyl (C=O) groups excluding carboxylic acids is 2. The van der Waals surface area contributed by atoms with Gasteiger partial charge in [0.1, 0.15) is 0 Å². The number of allylic oxidation sites excluding steroid dienone is 1. The molecule has 204 valence electrons. The zero-order chi connectivity index (χ0) is 27.3. The van der Waals surface area contributed by atoms with Crippen LogP contribution in [-0.2, 0) is 14.4 Å². The Morgan fingerprint density at radius 2 is 1.63 bits per heavy atom. The first-order valence-corrected chi connectivity index (χ1v) is 13.6. The number of nitrogens with one attached hydrogen (secondary N) is 1. The molecule has 2 aromatic rings. The Kier molecular flexibility index (Phi) is 11.6. The molecule has 1 aliphatic rings. The van der Waals surface area contributed by atoms with Gasteiger partial charge in [-0.2, -0.15) is 0 Å². The van der Waals surface area contributed by atoms with E-state index in [1.807, 2.05) is 30.3 Å². The van der Waals surface area contributed by atoms with Gasteiger partial charge in [-0.1, -0.05) is 63.6 Å². The molecular formula is C31H41N3O4. The molecule has 0 aromatic heterocycles. The second kappa shape index (κ2) is 15.1. The van der Waals surface area contributed by atoms with Crippen molar-refractivity contribution < 1.29 is 19.2 Å². The maximum Gasteiger partial charge on any atom is 0.337 e. The first kappa shape index (κ1) is 29.1. The summed E-state index contributed by atoms with van der Waals surface area (Å²) in [6, 6.07) is 16.4. The number of rotatable bonds is 16. The third-order valence-corrected chi connectivity index (χ3v) is 6.61. The van der Waals surface area contributed by atoms with Gasteiger partial charge in [-0.15, -0.1) is 0 Å². The minimum Gasteiger partial charge on any atom is -0.465 e. The fraction of sp³-hybridized carbons (Fsp3) is 0.419. The van der Waals surface area contributed by atoms with Crippen LogP contribution in [0.1, 0.15) is 67.9 Å². The predicted octanol–water partition coefficient (Wildman–Crippen LogP) is 5.81. The van der Waals surface area contributed by atoms with E-state index in [9.17, 15) is 9.59 Å². The van der Waals surface area contributed by atoms with Crippen LogP contribution >= 0.6 is 0 Å². The molecular weight excluding hydrogens is 478 g/mol. The number of amides is 1. The monoisotopic (exact) mass is 519 g/mol. The molecule has 0 radical (unpaired) electrons. The summed E-state index contributed by atoms with van der Waals surface area (Å²) in [6.07, 6.45) is 7.52. The van der Waals surface area contributed by atoms with Crippen molar-refractivity contribution in [1.82, 2.24) is 10.4 Å². The first-order valence-electron chi connectivity index (χ1n) is 13.6. The van der Waals surface area contributed by atoms with Gasteiger partial charge in [0.15, 0.2) is 0 Å². The van der Waals surface area contributed by atoms with E-state index in [4.69, 9.17) is 9.57 Å². The van der Waals surface area contributed by atoms with E-state index < -0.39 is 5.97 Å². The Hall–Kier alpha value is -3.42. The number of anilines is 1. The number of unbranched alkanes of at least 4 members (excludes halogenated alkanes) is 2. The molecule has 1 unspecified atom stereocenters. The SMILES string of the molecule is C=C(C=C1C(=O)N(c2ccc(C(=O)OC)cc2)C1c1ccccc1)NOCCCN(CCCC)CCCC. The van der Waals surface area contributed by atoms with Crippen LogP contribution in [0.15, 0.2) is 78.5 Å². The lowest BCUT2D eigenvalue weighted by Crippen LogP contribution is -2.49. The molecule has 1 heterocycles. The van der Waals surface area contributed by atoms with Gasteiger partial charge in [-0.25, -0.2) is 4.79 Å². The van der Waals surface area contributed by atoms with Gasteiger partial charge >= 0.3 is 5.97 Å². The molecule has 0 spiro atoms. The molecule has 2 aromatic carbocycles. The summed E-state index contributed by atoms with van der Waals surface area (Å²) in [5, 5.41) is 0. The predicted molar refractivity (Wildman–Crippen MR) is 152 cm³/mol. The zero-order valence-electron chi connectivity index (χ0n) is 22.9. The number of hydrogen-bond donors (Lipinski definition) is 1. The van der Waals surface area contributed by atoms with Crippen LogP contribution in [0.4, 0.5) is 5.69 Å². The molecule has 1 aliphatic heterocycles. The van der Waals surface area contributed by atoms with Gasteiger partial charge in [-0.3, -0.25) is 20.0 Å². The van der Waals surface area contributed by atoms with Crippen molar-refractivity contribution in [2.45, 2.75) is 52.0 Å². The van der Waals surface area contributed by atoms with Gasteiger partial charge in [0.2, 0.25) is 0 Å². The molecule has 1 saturated heterocycles. The largest absolute Gasteiger partial charge is 0.465 e. The quantitative estimate of drug-likeness (QED) is 0.0992. The zero-order valence-corrected chi connectivity index (χ0v) is 22.9. The van der Waals surface area contributed by atoms with E-state index in [-0.39, 0.29) is 11.9 Å². The number of hydroxylamine groups is 1. The Morgan fingerprint density at radius 1 is 1.00 bits per heavy atom. The summed E-state index contributed by atoms with van der Waals surface area (Å²) >= 11 is 0. The Bertz CT molecular complexity index is 1070. The molecule has 7 nitrogen and oxygen atoms in total. The topological polar surface area (TPSA) is 71.1 Å². The lowest BCUT2D eigenvalue weighted by atomic mass is 9.86. The van der Waals surface area contributed by atoms with Crippen LogP contribution in [0, 0.1) is 0 Å². The third-order valence-electron chi connectivity index (χ3n) is 6.61. The summed E-state index contributed by atoms with van der Waals surface area (Å²) < 4.78 is 4.78. The van der Waals surface area contributed by atoms with Gasteiger partial charge in [0.25, 0.3) is 5.91 Å². The Labute approximate surface area is 227 Å². The molecule has 0 bridgehead atoms. The van der Waals surface area contributed by atoms with Crippen LogP contribution in [0.5, 0.6) is 0 Å². The maximum absolute atomic E-state index is 13.2. The smallest absolute Gasteiger partial charge is 0.337 e. The second-order valence-corrected chi connectivity index (χ2v) is 9.50. The van der Waals surface area contributed by atoms with Gasteiger partial charge in [0.05, 0.1) is 31.0 Å². The number of methoxy groups -OCH3 is 1. The highest BCUT2D eigenvalue weighted by molar-refractivity contribution is 6.15. The minimum absolute atomic E-state index is 0.116. The Balaban J connectivity index is 1.61. The summed E-state index contributed by atoms with van der Waals surface area (Å²) in [6.45, 7) is 12.3. The summed E-state index contributed by atoms with van der Waals surface area (Å²) in [7, 11) is 1.35. The molecule has 1 atom stereocenters. The van der Waals surface area contributed by atoms with E-state index >= 15 is 0 Å². The van der Waals surface area contributed by atoms with Crippen molar-refractivity contribution in [2.24, 2.45) is 0 Å². The normalized spacial score (nSPS) is 16.0. The Morgan fingerprint density at radius 3 is 2.24 bits per heavy atom. The van der Waals surface area contributed by atoms with Crippen LogP contribution < -0.4 is 10.4 Å². The third kappa shape index (κ3) is 7.79. The molecule has 3 rings (SSSR count). The maximum atomic E-state index is 13.2. The van der Waals surface area contributed by atoms with Crippen molar-refractivity contribution in [3.63, 3.8) is 0 Å². The molecule has 1 amide bonds. The average molecular weight is 520 g/mol. The number of benzene rings is 2. The van der Waals surface area contributed by atoms with Crippen LogP contribution in [0.2, 0.25) is 0 Å². The molecule has 1 fully saturated rings. The van der Waals surface area contributed by atoms with Gasteiger partial charge in [-0.05, 0) is 68.3 Å². The number of ether oxygens (including phenoxy) is 1. The fourth-order valence-corrected chi connectivity index (χ4v) is 4.51. The van der Waals surface area contributed by atoms with E-state index in [0.29, 0.717) is 29.1 Å². The van der Waals surface area contributed by atoms with Crippen LogP contribution in [0.25, 0.3) is 0 Å². The van der Waals surface area contributed by atoms with Crippen molar-refractivity contribution in [3.05, 3.63) is 89.6 Å². The molecule has 1 N–H and O–H groups in total.